The summed E-state index contributed by atoms with van der Waals surface area (Å²) in [6, 6.07) is 6.25. The van der Waals surface area contributed by atoms with Gasteiger partial charge in [-0.05, 0) is 31.9 Å². The molecule has 0 saturated heterocycles. The first-order valence-electron chi connectivity index (χ1n) is 6.41. The van der Waals surface area contributed by atoms with Crippen LogP contribution in [0.3, 0.4) is 0 Å². The summed E-state index contributed by atoms with van der Waals surface area (Å²) in [4.78, 5) is 2.17. The number of aliphatic hydroxyl groups is 2. The van der Waals surface area contributed by atoms with E-state index in [1.807, 2.05) is 18.2 Å². The lowest BCUT2D eigenvalue weighted by Gasteiger charge is -2.28. The molecule has 100 valence electrons. The van der Waals surface area contributed by atoms with Gasteiger partial charge in [-0.1, -0.05) is 6.07 Å². The highest BCUT2D eigenvalue weighted by molar-refractivity contribution is 5.61. The Balaban J connectivity index is 2.40. The zero-order valence-corrected chi connectivity index (χ0v) is 11.0. The summed E-state index contributed by atoms with van der Waals surface area (Å²) >= 11 is 0. The molecule has 1 saturated carbocycles. The molecule has 1 aromatic rings. The number of ether oxygens (including phenoxy) is 1. The molecular weight excluding hydrogens is 230 g/mol. The Morgan fingerprint density at radius 2 is 2.17 bits per heavy atom. The Hall–Kier alpha value is -1.26. The van der Waals surface area contributed by atoms with E-state index in [0.29, 0.717) is 18.3 Å². The van der Waals surface area contributed by atoms with Crippen molar-refractivity contribution in [3.05, 3.63) is 23.8 Å². The van der Waals surface area contributed by atoms with Gasteiger partial charge < -0.3 is 19.8 Å². The number of nitrogens with zero attached hydrogens (tertiary/aromatic N) is 1. The predicted molar refractivity (Wildman–Crippen MR) is 71.1 cm³/mol. The van der Waals surface area contributed by atoms with Crippen LogP contribution in [0.25, 0.3) is 0 Å². The third kappa shape index (κ3) is 2.60. The van der Waals surface area contributed by atoms with Crippen LogP contribution in [0.5, 0.6) is 5.75 Å². The van der Waals surface area contributed by atoms with E-state index in [1.165, 1.54) is 0 Å². The smallest absolute Gasteiger partial charge is 0.126 e. The number of hydrogen-bond donors (Lipinski definition) is 2. The van der Waals surface area contributed by atoms with Crippen molar-refractivity contribution in [2.75, 3.05) is 25.2 Å². The maximum absolute atomic E-state index is 9.97. The first kappa shape index (κ1) is 13.2. The largest absolute Gasteiger partial charge is 0.496 e. The summed E-state index contributed by atoms with van der Waals surface area (Å²) in [5.74, 6) is 0.700. The number of aliphatic hydroxyl groups excluding tert-OH is 2. The second-order valence-electron chi connectivity index (χ2n) is 4.72. The third-order valence-corrected chi connectivity index (χ3v) is 3.32. The molecule has 0 aromatic heterocycles. The molecule has 0 aliphatic heterocycles. The van der Waals surface area contributed by atoms with Crippen LogP contribution in [0.2, 0.25) is 0 Å². The number of benzene rings is 1. The van der Waals surface area contributed by atoms with Crippen molar-refractivity contribution in [3.63, 3.8) is 0 Å². The molecule has 0 bridgehead atoms. The summed E-state index contributed by atoms with van der Waals surface area (Å²) in [6.07, 6.45) is 1.71. The molecular formula is C14H21NO3. The molecule has 1 atom stereocenters. The maximum Gasteiger partial charge on any atom is 0.126 e. The fraction of sp³-hybridized carbons (Fsp3) is 0.571. The van der Waals surface area contributed by atoms with Crippen LogP contribution in [0.15, 0.2) is 18.2 Å². The Morgan fingerprint density at radius 3 is 2.67 bits per heavy atom. The zero-order chi connectivity index (χ0) is 13.1. The van der Waals surface area contributed by atoms with E-state index in [4.69, 9.17) is 4.74 Å². The second-order valence-corrected chi connectivity index (χ2v) is 4.72. The molecule has 2 rings (SSSR count). The van der Waals surface area contributed by atoms with Crippen LogP contribution in [-0.4, -0.2) is 36.5 Å². The predicted octanol–water partition coefficient (Wildman–Crippen LogP) is 1.71. The quantitative estimate of drug-likeness (QED) is 0.808. The van der Waals surface area contributed by atoms with Crippen LogP contribution in [-0.2, 0) is 0 Å². The van der Waals surface area contributed by atoms with Gasteiger partial charge in [0.15, 0.2) is 0 Å². The van der Waals surface area contributed by atoms with Crippen molar-refractivity contribution in [2.24, 2.45) is 0 Å². The number of methoxy groups -OCH3 is 1. The standard InChI is InChI=1S/C14H21NO3/c1-10(17)14-12(4-3-5-13(14)18-2)15(8-9-16)11-6-7-11/h3-5,10-11,16-17H,6-9H2,1-2H3. The molecule has 1 fully saturated rings. The zero-order valence-electron chi connectivity index (χ0n) is 11.0. The molecule has 1 aliphatic rings. The fourth-order valence-electron chi connectivity index (χ4n) is 2.37. The van der Waals surface area contributed by atoms with Crippen LogP contribution in [0, 0.1) is 0 Å². The first-order chi connectivity index (χ1) is 8.69. The fourth-order valence-corrected chi connectivity index (χ4v) is 2.37. The molecule has 0 heterocycles. The molecule has 1 aliphatic carbocycles. The van der Waals surface area contributed by atoms with Gasteiger partial charge in [0.05, 0.1) is 19.8 Å². The van der Waals surface area contributed by atoms with Crippen LogP contribution < -0.4 is 9.64 Å². The van der Waals surface area contributed by atoms with Crippen molar-refractivity contribution >= 4 is 5.69 Å². The average molecular weight is 251 g/mol. The van der Waals surface area contributed by atoms with Crippen LogP contribution in [0.1, 0.15) is 31.4 Å². The van der Waals surface area contributed by atoms with Gasteiger partial charge in [-0.25, -0.2) is 0 Å². The van der Waals surface area contributed by atoms with Gasteiger partial charge >= 0.3 is 0 Å². The molecule has 4 heteroatoms. The SMILES string of the molecule is COc1cccc(N(CCO)C2CC2)c1C(C)O. The maximum atomic E-state index is 9.97. The molecule has 4 nitrogen and oxygen atoms in total. The Labute approximate surface area is 108 Å². The summed E-state index contributed by atoms with van der Waals surface area (Å²) < 4.78 is 5.33. The molecule has 0 spiro atoms. The molecule has 1 unspecified atom stereocenters. The minimum atomic E-state index is -0.587. The van der Waals surface area contributed by atoms with Crippen molar-refractivity contribution in [2.45, 2.75) is 31.9 Å². The van der Waals surface area contributed by atoms with E-state index in [-0.39, 0.29) is 6.61 Å². The van der Waals surface area contributed by atoms with Gasteiger partial charge in [0.25, 0.3) is 0 Å². The molecule has 18 heavy (non-hydrogen) atoms. The van der Waals surface area contributed by atoms with E-state index in [0.717, 1.165) is 24.1 Å². The van der Waals surface area contributed by atoms with Gasteiger partial charge in [-0.3, -0.25) is 0 Å². The van der Waals surface area contributed by atoms with Crippen LogP contribution in [0.4, 0.5) is 5.69 Å². The summed E-state index contributed by atoms with van der Waals surface area (Å²) in [5.41, 5.74) is 1.78. The van der Waals surface area contributed by atoms with Gasteiger partial charge in [0, 0.05) is 23.8 Å². The van der Waals surface area contributed by atoms with Gasteiger partial charge in [-0.15, -0.1) is 0 Å². The van der Waals surface area contributed by atoms with E-state index in [9.17, 15) is 10.2 Å². The van der Waals surface area contributed by atoms with Crippen molar-refractivity contribution in [3.8, 4) is 5.75 Å². The molecule has 0 amide bonds. The van der Waals surface area contributed by atoms with Gasteiger partial charge in [0.1, 0.15) is 5.75 Å². The van der Waals surface area contributed by atoms with Crippen LogP contribution >= 0.6 is 0 Å². The number of anilines is 1. The highest BCUT2D eigenvalue weighted by Crippen LogP contribution is 2.39. The monoisotopic (exact) mass is 251 g/mol. The minimum absolute atomic E-state index is 0.118. The Bertz CT molecular complexity index is 402. The average Bonchev–Trinajstić information content (AvgIpc) is 3.19. The molecule has 0 radical (unpaired) electrons. The van der Waals surface area contributed by atoms with Crippen molar-refractivity contribution in [1.82, 2.24) is 0 Å². The van der Waals surface area contributed by atoms with Gasteiger partial charge in [-0.2, -0.15) is 0 Å². The molecule has 1 aromatic carbocycles. The first-order valence-corrected chi connectivity index (χ1v) is 6.41. The number of rotatable bonds is 6. The summed E-state index contributed by atoms with van der Waals surface area (Å²) in [7, 11) is 1.61. The highest BCUT2D eigenvalue weighted by atomic mass is 16.5. The van der Waals surface area contributed by atoms with Crippen molar-refractivity contribution < 1.29 is 14.9 Å². The summed E-state index contributed by atoms with van der Waals surface area (Å²) in [6.45, 7) is 2.45. The third-order valence-electron chi connectivity index (χ3n) is 3.32. The lowest BCUT2D eigenvalue weighted by Crippen LogP contribution is -2.30. The normalized spacial score (nSPS) is 16.4. The number of hydrogen-bond acceptors (Lipinski definition) is 4. The lowest BCUT2D eigenvalue weighted by molar-refractivity contribution is 0.194. The topological polar surface area (TPSA) is 52.9 Å². The minimum Gasteiger partial charge on any atom is -0.496 e. The van der Waals surface area contributed by atoms with Gasteiger partial charge in [0.2, 0.25) is 0 Å². The highest BCUT2D eigenvalue weighted by Gasteiger charge is 2.31. The second kappa shape index (κ2) is 5.59. The lowest BCUT2D eigenvalue weighted by atomic mass is 10.1. The Kier molecular flexibility index (Phi) is 4.09. The van der Waals surface area contributed by atoms with E-state index < -0.39 is 6.10 Å². The van der Waals surface area contributed by atoms with E-state index in [1.54, 1.807) is 14.0 Å². The van der Waals surface area contributed by atoms with E-state index in [2.05, 4.69) is 4.90 Å². The Morgan fingerprint density at radius 1 is 1.44 bits per heavy atom. The van der Waals surface area contributed by atoms with Crippen molar-refractivity contribution in [1.29, 1.82) is 0 Å². The summed E-state index contributed by atoms with van der Waals surface area (Å²) in [5, 5.41) is 19.2. The molecule has 2 N–H and O–H groups in total. The van der Waals surface area contributed by atoms with E-state index >= 15 is 0 Å².